The quantitative estimate of drug-likeness (QED) is 0.782. The van der Waals surface area contributed by atoms with Gasteiger partial charge in [-0.05, 0) is 25.1 Å². The van der Waals surface area contributed by atoms with Gasteiger partial charge in [0.1, 0.15) is 11.5 Å². The van der Waals surface area contributed by atoms with Crippen LogP contribution in [-0.2, 0) is 11.2 Å². The minimum atomic E-state index is 0.0686. The van der Waals surface area contributed by atoms with Crippen molar-refractivity contribution >= 4 is 5.91 Å². The molecule has 0 saturated carbocycles. The number of hydrogen-bond acceptors (Lipinski definition) is 3. The van der Waals surface area contributed by atoms with E-state index in [2.05, 4.69) is 0 Å². The highest BCUT2D eigenvalue weighted by Crippen LogP contribution is 2.24. The van der Waals surface area contributed by atoms with Gasteiger partial charge in [-0.25, -0.2) is 0 Å². The van der Waals surface area contributed by atoms with Crippen LogP contribution in [0.5, 0.6) is 11.5 Å². The lowest BCUT2D eigenvalue weighted by Crippen LogP contribution is -2.27. The second-order valence-corrected chi connectivity index (χ2v) is 3.76. The van der Waals surface area contributed by atoms with Crippen LogP contribution in [0.25, 0.3) is 0 Å². The van der Waals surface area contributed by atoms with Gasteiger partial charge in [-0.15, -0.1) is 0 Å². The molecule has 0 aliphatic carbocycles. The Balaban J connectivity index is 2.91. The molecule has 0 fully saturated rings. The summed E-state index contributed by atoms with van der Waals surface area (Å²) in [5.74, 6) is 1.51. The molecule has 0 radical (unpaired) electrons. The van der Waals surface area contributed by atoms with Gasteiger partial charge in [0.05, 0.1) is 20.6 Å². The second kappa shape index (κ2) is 6.13. The Bertz CT molecular complexity index is 390. The summed E-state index contributed by atoms with van der Waals surface area (Å²) in [6.45, 7) is 2.64. The lowest BCUT2D eigenvalue weighted by molar-refractivity contribution is -0.129. The fourth-order valence-corrected chi connectivity index (χ4v) is 1.49. The molecule has 1 amide bonds. The Morgan fingerprint density at radius 2 is 2.00 bits per heavy atom. The summed E-state index contributed by atoms with van der Waals surface area (Å²) < 4.78 is 10.4. The first-order valence-electron chi connectivity index (χ1n) is 5.57. The lowest BCUT2D eigenvalue weighted by atomic mass is 10.1. The Kier molecular flexibility index (Phi) is 4.82. The maximum atomic E-state index is 11.8. The zero-order valence-electron chi connectivity index (χ0n) is 10.8. The number of benzene rings is 1. The first-order valence-corrected chi connectivity index (χ1v) is 5.57. The van der Waals surface area contributed by atoms with Crippen LogP contribution in [0.15, 0.2) is 18.2 Å². The lowest BCUT2D eigenvalue weighted by Gasteiger charge is -2.16. The van der Waals surface area contributed by atoms with Gasteiger partial charge in [-0.3, -0.25) is 4.79 Å². The monoisotopic (exact) mass is 237 g/mol. The van der Waals surface area contributed by atoms with Crippen LogP contribution in [0.1, 0.15) is 12.5 Å². The summed E-state index contributed by atoms with van der Waals surface area (Å²) in [6, 6.07) is 5.46. The molecule has 0 aliphatic rings. The van der Waals surface area contributed by atoms with Gasteiger partial charge in [0.15, 0.2) is 0 Å². The minimum absolute atomic E-state index is 0.0686. The summed E-state index contributed by atoms with van der Waals surface area (Å²) in [5, 5.41) is 0. The molecule has 0 saturated heterocycles. The molecule has 0 unspecified atom stereocenters. The average Bonchev–Trinajstić information content (AvgIpc) is 2.37. The van der Waals surface area contributed by atoms with E-state index < -0.39 is 0 Å². The van der Waals surface area contributed by atoms with Crippen LogP contribution in [0.2, 0.25) is 0 Å². The molecule has 1 aromatic rings. The van der Waals surface area contributed by atoms with Crippen molar-refractivity contribution in [1.29, 1.82) is 0 Å². The van der Waals surface area contributed by atoms with Gasteiger partial charge in [0, 0.05) is 19.2 Å². The van der Waals surface area contributed by atoms with Gasteiger partial charge in [-0.2, -0.15) is 0 Å². The summed E-state index contributed by atoms with van der Waals surface area (Å²) >= 11 is 0. The predicted octanol–water partition coefficient (Wildman–Crippen LogP) is 1.72. The fourth-order valence-electron chi connectivity index (χ4n) is 1.49. The molecule has 0 bridgehead atoms. The normalized spacial score (nSPS) is 9.88. The largest absolute Gasteiger partial charge is 0.497 e. The van der Waals surface area contributed by atoms with E-state index in [1.807, 2.05) is 25.1 Å². The number of hydrogen-bond donors (Lipinski definition) is 0. The van der Waals surface area contributed by atoms with E-state index in [-0.39, 0.29) is 5.91 Å². The molecule has 4 heteroatoms. The van der Waals surface area contributed by atoms with E-state index in [0.29, 0.717) is 18.7 Å². The summed E-state index contributed by atoms with van der Waals surface area (Å²) in [5.41, 5.74) is 0.845. The molecular formula is C13H19NO3. The minimum Gasteiger partial charge on any atom is -0.497 e. The average molecular weight is 237 g/mol. The molecule has 0 heterocycles. The third-order valence-electron chi connectivity index (χ3n) is 2.73. The van der Waals surface area contributed by atoms with Crippen LogP contribution < -0.4 is 9.47 Å². The van der Waals surface area contributed by atoms with Crippen molar-refractivity contribution in [3.63, 3.8) is 0 Å². The van der Waals surface area contributed by atoms with E-state index in [4.69, 9.17) is 9.47 Å². The molecule has 1 aromatic carbocycles. The third kappa shape index (κ3) is 3.37. The molecule has 4 nitrogen and oxygen atoms in total. The number of ether oxygens (including phenoxy) is 2. The number of carbonyl (C=O) groups excluding carboxylic acids is 1. The van der Waals surface area contributed by atoms with Crippen LogP contribution in [-0.4, -0.2) is 38.6 Å². The summed E-state index contributed by atoms with van der Waals surface area (Å²) in [6.07, 6.45) is 0.324. The Morgan fingerprint density at radius 1 is 1.29 bits per heavy atom. The Labute approximate surface area is 102 Å². The van der Waals surface area contributed by atoms with Crippen molar-refractivity contribution in [2.75, 3.05) is 27.8 Å². The number of rotatable bonds is 5. The zero-order valence-corrected chi connectivity index (χ0v) is 10.8. The molecule has 0 N–H and O–H groups in total. The van der Waals surface area contributed by atoms with Crippen molar-refractivity contribution in [1.82, 2.24) is 4.90 Å². The molecule has 0 atom stereocenters. The molecular weight excluding hydrogens is 218 g/mol. The van der Waals surface area contributed by atoms with Crippen LogP contribution in [0.4, 0.5) is 0 Å². The van der Waals surface area contributed by atoms with E-state index in [1.165, 1.54) is 0 Å². The van der Waals surface area contributed by atoms with E-state index in [0.717, 1.165) is 11.3 Å². The highest BCUT2D eigenvalue weighted by atomic mass is 16.5. The van der Waals surface area contributed by atoms with E-state index in [1.54, 1.807) is 26.2 Å². The van der Waals surface area contributed by atoms with Crippen molar-refractivity contribution < 1.29 is 14.3 Å². The van der Waals surface area contributed by atoms with Crippen molar-refractivity contribution in [2.45, 2.75) is 13.3 Å². The standard InChI is InChI=1S/C13H19NO3/c1-5-14(2)13(15)9-10-8-11(16-3)6-7-12(10)17-4/h6-8H,5,9H2,1-4H3. The molecule has 0 spiro atoms. The molecule has 0 aromatic heterocycles. The van der Waals surface area contributed by atoms with Gasteiger partial charge >= 0.3 is 0 Å². The van der Waals surface area contributed by atoms with E-state index in [9.17, 15) is 4.79 Å². The number of carbonyl (C=O) groups is 1. The first-order chi connectivity index (χ1) is 8.12. The summed E-state index contributed by atoms with van der Waals surface area (Å²) in [7, 11) is 4.99. The molecule has 17 heavy (non-hydrogen) atoms. The highest BCUT2D eigenvalue weighted by molar-refractivity contribution is 5.79. The van der Waals surface area contributed by atoms with Crippen molar-refractivity contribution in [3.05, 3.63) is 23.8 Å². The smallest absolute Gasteiger partial charge is 0.226 e. The maximum Gasteiger partial charge on any atom is 0.226 e. The highest BCUT2D eigenvalue weighted by Gasteiger charge is 2.12. The van der Waals surface area contributed by atoms with Crippen LogP contribution in [0.3, 0.4) is 0 Å². The van der Waals surface area contributed by atoms with Gasteiger partial charge < -0.3 is 14.4 Å². The van der Waals surface area contributed by atoms with Gasteiger partial charge in [0.25, 0.3) is 0 Å². The van der Waals surface area contributed by atoms with Crippen LogP contribution >= 0.6 is 0 Å². The summed E-state index contributed by atoms with van der Waals surface area (Å²) in [4.78, 5) is 13.5. The fraction of sp³-hybridized carbons (Fsp3) is 0.462. The third-order valence-corrected chi connectivity index (χ3v) is 2.73. The molecule has 0 aliphatic heterocycles. The maximum absolute atomic E-state index is 11.8. The van der Waals surface area contributed by atoms with Gasteiger partial charge in [-0.1, -0.05) is 0 Å². The first kappa shape index (κ1) is 13.4. The van der Waals surface area contributed by atoms with Crippen molar-refractivity contribution in [3.8, 4) is 11.5 Å². The number of nitrogens with zero attached hydrogens (tertiary/aromatic N) is 1. The topological polar surface area (TPSA) is 38.8 Å². The number of amides is 1. The van der Waals surface area contributed by atoms with Gasteiger partial charge in [0.2, 0.25) is 5.91 Å². The Hall–Kier alpha value is -1.71. The SMILES string of the molecule is CCN(C)C(=O)Cc1cc(OC)ccc1OC. The molecule has 94 valence electrons. The van der Waals surface area contributed by atoms with Crippen LogP contribution in [0, 0.1) is 0 Å². The zero-order chi connectivity index (χ0) is 12.8. The Morgan fingerprint density at radius 3 is 2.53 bits per heavy atom. The molecule has 1 rings (SSSR count). The van der Waals surface area contributed by atoms with E-state index >= 15 is 0 Å². The number of likely N-dealkylation sites (N-methyl/N-ethyl adjacent to an activating group) is 1. The second-order valence-electron chi connectivity index (χ2n) is 3.76. The van der Waals surface area contributed by atoms with Crippen molar-refractivity contribution in [2.24, 2.45) is 0 Å². The predicted molar refractivity (Wildman–Crippen MR) is 66.6 cm³/mol. The number of methoxy groups -OCH3 is 2.